The molecule has 0 unspecified atom stereocenters. The smallest absolute Gasteiger partial charge is 0.186 e. The van der Waals surface area contributed by atoms with Gasteiger partial charge in [0.05, 0.1) is 25.4 Å². The van der Waals surface area contributed by atoms with E-state index in [2.05, 4.69) is 33.8 Å². The van der Waals surface area contributed by atoms with Gasteiger partial charge in [-0.1, -0.05) is 69.7 Å². The van der Waals surface area contributed by atoms with Gasteiger partial charge in [-0.3, -0.25) is 0 Å². The van der Waals surface area contributed by atoms with Crippen LogP contribution in [0.3, 0.4) is 0 Å². The third kappa shape index (κ3) is 4.91. The molecule has 4 aliphatic carbocycles. The normalized spacial score (nSPS) is 54.4. The van der Waals surface area contributed by atoms with Gasteiger partial charge in [0, 0.05) is 17.9 Å². The second-order valence-corrected chi connectivity index (χ2v) is 17.5. The molecule has 0 bridgehead atoms. The quantitative estimate of drug-likeness (QED) is 0.364. The summed E-state index contributed by atoms with van der Waals surface area (Å²) in [6, 6.07) is 9.67. The summed E-state index contributed by atoms with van der Waals surface area (Å²) in [7, 11) is 0. The molecule has 2 N–H and O–H groups in total. The van der Waals surface area contributed by atoms with E-state index in [1.54, 1.807) is 0 Å². The Hall–Kier alpha value is -1.36. The molecular formula is C40H56O8. The third-order valence-corrected chi connectivity index (χ3v) is 15.1. The Morgan fingerprint density at radius 1 is 0.875 bits per heavy atom. The summed E-state index contributed by atoms with van der Waals surface area (Å²) >= 11 is 0. The van der Waals surface area contributed by atoms with Gasteiger partial charge in [0.1, 0.15) is 24.4 Å². The molecule has 1 spiro atoms. The van der Waals surface area contributed by atoms with Crippen molar-refractivity contribution in [2.75, 3.05) is 13.2 Å². The first-order valence-corrected chi connectivity index (χ1v) is 19.1. The van der Waals surface area contributed by atoms with Crippen LogP contribution >= 0.6 is 0 Å². The van der Waals surface area contributed by atoms with Crippen molar-refractivity contribution < 1.29 is 38.6 Å². The van der Waals surface area contributed by atoms with Crippen LogP contribution < -0.4 is 0 Å². The van der Waals surface area contributed by atoms with Crippen LogP contribution in [0.2, 0.25) is 0 Å². The van der Waals surface area contributed by atoms with E-state index in [4.69, 9.17) is 28.4 Å². The monoisotopic (exact) mass is 664 g/mol. The fourth-order valence-corrected chi connectivity index (χ4v) is 12.4. The number of ether oxygens (including phenoxy) is 6. The lowest BCUT2D eigenvalue weighted by Crippen LogP contribution is -2.62. The largest absolute Gasteiger partial charge is 0.387 e. The minimum absolute atomic E-state index is 0.0601. The molecule has 1 aromatic carbocycles. The highest BCUT2D eigenvalue weighted by molar-refractivity contribution is 5.26. The zero-order valence-electron chi connectivity index (χ0n) is 29.2. The van der Waals surface area contributed by atoms with Crippen LogP contribution in [0.5, 0.6) is 0 Å². The van der Waals surface area contributed by atoms with Gasteiger partial charge in [-0.15, -0.1) is 0 Å². The van der Waals surface area contributed by atoms with Crippen molar-refractivity contribution >= 4 is 0 Å². The molecule has 17 atom stereocenters. The second-order valence-electron chi connectivity index (χ2n) is 17.5. The van der Waals surface area contributed by atoms with Crippen LogP contribution in [0.25, 0.3) is 0 Å². The molecule has 9 rings (SSSR count). The first kappa shape index (κ1) is 32.5. The highest BCUT2D eigenvalue weighted by atomic mass is 16.8. The van der Waals surface area contributed by atoms with Crippen LogP contribution in [0.1, 0.15) is 97.3 Å². The van der Waals surface area contributed by atoms with Crippen molar-refractivity contribution in [1.29, 1.82) is 0 Å². The van der Waals surface area contributed by atoms with Gasteiger partial charge in [-0.05, 0) is 91.8 Å². The molecule has 4 heterocycles. The summed E-state index contributed by atoms with van der Waals surface area (Å²) in [6.07, 6.45) is 7.78. The Balaban J connectivity index is 0.857. The Labute approximate surface area is 285 Å². The summed E-state index contributed by atoms with van der Waals surface area (Å²) in [5.41, 5.74) is 2.88. The fraction of sp³-hybridized carbons (Fsp3) is 0.800. The molecular weight excluding hydrogens is 608 g/mol. The number of hydrogen-bond acceptors (Lipinski definition) is 8. The summed E-state index contributed by atoms with van der Waals surface area (Å²) in [6.45, 7) is 11.0. The molecule has 264 valence electrons. The fourth-order valence-electron chi connectivity index (χ4n) is 12.4. The number of rotatable bonds is 3. The molecule has 8 heteroatoms. The van der Waals surface area contributed by atoms with E-state index in [1.165, 1.54) is 31.3 Å². The summed E-state index contributed by atoms with van der Waals surface area (Å²) in [5, 5.41) is 22.3. The van der Waals surface area contributed by atoms with E-state index >= 15 is 0 Å². The van der Waals surface area contributed by atoms with Crippen molar-refractivity contribution in [1.82, 2.24) is 0 Å². The van der Waals surface area contributed by atoms with Gasteiger partial charge in [0.25, 0.3) is 0 Å². The average Bonchev–Trinajstić information content (AvgIpc) is 3.54. The van der Waals surface area contributed by atoms with E-state index in [0.29, 0.717) is 47.0 Å². The first-order valence-electron chi connectivity index (χ1n) is 19.1. The highest BCUT2D eigenvalue weighted by Crippen LogP contribution is 2.70. The number of aliphatic hydroxyl groups excluding tert-OH is 2. The van der Waals surface area contributed by atoms with Gasteiger partial charge in [0.2, 0.25) is 0 Å². The van der Waals surface area contributed by atoms with Crippen molar-refractivity contribution in [2.45, 2.75) is 140 Å². The maximum Gasteiger partial charge on any atom is 0.186 e. The molecule has 3 saturated carbocycles. The van der Waals surface area contributed by atoms with Crippen LogP contribution in [-0.2, 0) is 28.4 Å². The van der Waals surface area contributed by atoms with E-state index in [0.717, 1.165) is 44.3 Å². The van der Waals surface area contributed by atoms with Gasteiger partial charge in [-0.25, -0.2) is 0 Å². The standard InChI is InChI=1S/C40H56O8/c1-22-12-17-40(44-20-22)23(2)32-30(48-40)19-29-27-11-10-25-18-26(13-15-38(25,3)28(27)14-16-39(29,32)4)45-37-34(42)33(41)35-31(46-37)21-43-36(47-35)24-8-6-5-7-9-24/h5-10,22-23,26-37,41-42H,11-21H2,1-4H3/t22-,23+,26+,27-,28+,29+,30+,31-,32+,33-,34-,35-,36-,37-,38+,39+,40-/m1/s1. The first-order chi connectivity index (χ1) is 23.1. The van der Waals surface area contributed by atoms with Crippen LogP contribution in [-0.4, -0.2) is 72.1 Å². The second kappa shape index (κ2) is 11.8. The van der Waals surface area contributed by atoms with Crippen molar-refractivity contribution in [3.05, 3.63) is 47.5 Å². The molecule has 1 aromatic rings. The summed E-state index contributed by atoms with van der Waals surface area (Å²) in [5.74, 6) is 3.37. The summed E-state index contributed by atoms with van der Waals surface area (Å²) < 4.78 is 38.3. The Kier molecular flexibility index (Phi) is 8.03. The van der Waals surface area contributed by atoms with Crippen molar-refractivity contribution in [2.24, 2.45) is 46.3 Å². The molecule has 48 heavy (non-hydrogen) atoms. The molecule has 0 aromatic heterocycles. The Morgan fingerprint density at radius 2 is 1.71 bits per heavy atom. The van der Waals surface area contributed by atoms with E-state index in [1.807, 2.05) is 30.3 Å². The summed E-state index contributed by atoms with van der Waals surface area (Å²) in [4.78, 5) is 0. The van der Waals surface area contributed by atoms with Crippen LogP contribution in [0, 0.1) is 46.3 Å². The lowest BCUT2D eigenvalue weighted by molar-refractivity contribution is -0.367. The maximum atomic E-state index is 11.1. The Bertz CT molecular complexity index is 1370. The molecule has 8 aliphatic rings. The maximum absolute atomic E-state index is 11.1. The third-order valence-electron chi connectivity index (χ3n) is 15.1. The minimum Gasteiger partial charge on any atom is -0.387 e. The number of benzene rings is 1. The molecule has 4 saturated heterocycles. The SMILES string of the molecule is C[C@@H]1CC[C@@]2(OC1)O[C@H]1C[C@H]3[C@@H]4CC=C5C[C@@H](O[C@@H]6O[C@@H]7CO[C@@H](c8ccccc8)O[C@H]7[C@H](O)[C@H]6O)CC[C@]5(C)[C@H]4CC[C@]3(C)[C@H]1[C@@H]2C. The van der Waals surface area contributed by atoms with E-state index in [9.17, 15) is 10.2 Å². The predicted octanol–water partition coefficient (Wildman–Crippen LogP) is 6.30. The zero-order valence-corrected chi connectivity index (χ0v) is 29.2. The van der Waals surface area contributed by atoms with E-state index in [-0.39, 0.29) is 23.9 Å². The number of hydrogen-bond donors (Lipinski definition) is 2. The van der Waals surface area contributed by atoms with Crippen molar-refractivity contribution in [3.8, 4) is 0 Å². The van der Waals surface area contributed by atoms with Crippen molar-refractivity contribution in [3.63, 3.8) is 0 Å². The molecule has 4 aliphatic heterocycles. The van der Waals surface area contributed by atoms with Crippen LogP contribution in [0.15, 0.2) is 42.0 Å². The number of fused-ring (bicyclic) bond motifs is 8. The van der Waals surface area contributed by atoms with Gasteiger partial charge < -0.3 is 38.6 Å². The lowest BCUT2D eigenvalue weighted by Gasteiger charge is -2.58. The average molecular weight is 665 g/mol. The Morgan fingerprint density at radius 3 is 2.50 bits per heavy atom. The lowest BCUT2D eigenvalue weighted by atomic mass is 9.47. The minimum atomic E-state index is -1.19. The van der Waals surface area contributed by atoms with Gasteiger partial charge >= 0.3 is 0 Å². The number of allylic oxidation sites excluding steroid dienone is 1. The molecule has 8 nitrogen and oxygen atoms in total. The predicted molar refractivity (Wildman–Crippen MR) is 177 cm³/mol. The molecule has 7 fully saturated rings. The zero-order chi connectivity index (χ0) is 33.0. The van der Waals surface area contributed by atoms with Gasteiger partial charge in [-0.2, -0.15) is 0 Å². The topological polar surface area (TPSA) is 95.8 Å². The van der Waals surface area contributed by atoms with Gasteiger partial charge in [0.15, 0.2) is 18.4 Å². The van der Waals surface area contributed by atoms with E-state index < -0.39 is 37.0 Å². The molecule has 0 amide bonds. The molecule has 0 radical (unpaired) electrons. The highest BCUT2D eigenvalue weighted by Gasteiger charge is 2.68. The number of aliphatic hydroxyl groups is 2. The van der Waals surface area contributed by atoms with Crippen LogP contribution in [0.4, 0.5) is 0 Å².